The Balaban J connectivity index is 2.41. The Hall–Kier alpha value is -0.0800. The lowest BCUT2D eigenvalue weighted by atomic mass is 9.92. The summed E-state index contributed by atoms with van der Waals surface area (Å²) in [4.78, 5) is 2.47. The highest BCUT2D eigenvalue weighted by molar-refractivity contribution is 4.82. The highest BCUT2D eigenvalue weighted by atomic mass is 16.3. The molecule has 0 aliphatic carbocycles. The van der Waals surface area contributed by atoms with Crippen molar-refractivity contribution in [1.82, 2.24) is 4.90 Å². The van der Waals surface area contributed by atoms with Gasteiger partial charge >= 0.3 is 0 Å². The lowest BCUT2D eigenvalue weighted by Gasteiger charge is -2.34. The van der Waals surface area contributed by atoms with Crippen molar-refractivity contribution in [2.24, 2.45) is 11.8 Å². The maximum absolute atomic E-state index is 10.4. The summed E-state index contributed by atoms with van der Waals surface area (Å²) in [6, 6.07) is 0. The van der Waals surface area contributed by atoms with Crippen LogP contribution in [0.4, 0.5) is 0 Å². The summed E-state index contributed by atoms with van der Waals surface area (Å²) in [5.74, 6) is 1.26. The van der Waals surface area contributed by atoms with Crippen molar-refractivity contribution in [2.75, 3.05) is 19.6 Å². The van der Waals surface area contributed by atoms with Crippen LogP contribution in [0, 0.1) is 11.8 Å². The number of likely N-dealkylation sites (tertiary alicyclic amines) is 1. The van der Waals surface area contributed by atoms with Gasteiger partial charge in [-0.25, -0.2) is 0 Å². The van der Waals surface area contributed by atoms with Crippen LogP contribution in [-0.2, 0) is 0 Å². The molecule has 0 bridgehead atoms. The van der Waals surface area contributed by atoms with Crippen LogP contribution < -0.4 is 0 Å². The van der Waals surface area contributed by atoms with Crippen molar-refractivity contribution < 1.29 is 5.11 Å². The van der Waals surface area contributed by atoms with Gasteiger partial charge in [0.15, 0.2) is 0 Å². The fourth-order valence-electron chi connectivity index (χ4n) is 2.72. The molecule has 2 unspecified atom stereocenters. The monoisotopic (exact) mass is 241 g/mol. The molecule has 0 amide bonds. The first kappa shape index (κ1) is 15.0. The van der Waals surface area contributed by atoms with Gasteiger partial charge in [0, 0.05) is 6.54 Å². The lowest BCUT2D eigenvalue weighted by molar-refractivity contribution is -0.0182. The maximum Gasteiger partial charge on any atom is 0.0768 e. The molecule has 0 saturated carbocycles. The molecule has 0 aromatic rings. The first-order valence-electron chi connectivity index (χ1n) is 7.40. The number of hydrogen-bond donors (Lipinski definition) is 1. The molecular weight excluding hydrogens is 210 g/mol. The summed E-state index contributed by atoms with van der Waals surface area (Å²) >= 11 is 0. The average Bonchev–Trinajstić information content (AvgIpc) is 2.44. The van der Waals surface area contributed by atoms with Gasteiger partial charge in [0.1, 0.15) is 0 Å². The van der Waals surface area contributed by atoms with E-state index in [9.17, 15) is 5.11 Å². The van der Waals surface area contributed by atoms with Crippen molar-refractivity contribution in [2.45, 2.75) is 65.4 Å². The number of β-amino-alcohol motifs (C(OH)–C–C–N with tert-alkyl or cyclic N) is 1. The van der Waals surface area contributed by atoms with E-state index in [0.717, 1.165) is 12.5 Å². The van der Waals surface area contributed by atoms with Crippen molar-refractivity contribution >= 4 is 0 Å². The lowest BCUT2D eigenvalue weighted by Crippen LogP contribution is -2.44. The van der Waals surface area contributed by atoms with E-state index in [-0.39, 0.29) is 0 Å². The summed E-state index contributed by atoms with van der Waals surface area (Å²) in [6.45, 7) is 11.7. The van der Waals surface area contributed by atoms with Crippen molar-refractivity contribution in [3.05, 3.63) is 0 Å². The molecule has 2 nitrogen and oxygen atoms in total. The van der Waals surface area contributed by atoms with Crippen LogP contribution in [0.5, 0.6) is 0 Å². The minimum Gasteiger partial charge on any atom is -0.389 e. The van der Waals surface area contributed by atoms with Gasteiger partial charge in [0.05, 0.1) is 5.60 Å². The van der Waals surface area contributed by atoms with Crippen LogP contribution in [0.25, 0.3) is 0 Å². The van der Waals surface area contributed by atoms with E-state index in [0.29, 0.717) is 5.92 Å². The zero-order chi connectivity index (χ0) is 12.9. The van der Waals surface area contributed by atoms with Gasteiger partial charge < -0.3 is 10.0 Å². The summed E-state index contributed by atoms with van der Waals surface area (Å²) in [6.07, 6.45) is 6.71. The van der Waals surface area contributed by atoms with Crippen molar-refractivity contribution in [3.8, 4) is 0 Å². The molecule has 17 heavy (non-hydrogen) atoms. The van der Waals surface area contributed by atoms with E-state index in [1.807, 2.05) is 6.92 Å². The average molecular weight is 241 g/mol. The molecule has 1 fully saturated rings. The topological polar surface area (TPSA) is 23.5 Å². The van der Waals surface area contributed by atoms with Gasteiger partial charge in [0.25, 0.3) is 0 Å². The first-order valence-corrected chi connectivity index (χ1v) is 7.40. The van der Waals surface area contributed by atoms with Gasteiger partial charge in [-0.3, -0.25) is 0 Å². The van der Waals surface area contributed by atoms with E-state index in [4.69, 9.17) is 0 Å². The van der Waals surface area contributed by atoms with Gasteiger partial charge in [-0.15, -0.1) is 0 Å². The highest BCUT2D eigenvalue weighted by Gasteiger charge is 2.28. The second-order valence-electron chi connectivity index (χ2n) is 6.37. The van der Waals surface area contributed by atoms with E-state index in [1.54, 1.807) is 0 Å². The molecular formula is C15H31NO. The van der Waals surface area contributed by atoms with Crippen LogP contribution in [0.2, 0.25) is 0 Å². The van der Waals surface area contributed by atoms with Gasteiger partial charge in [-0.2, -0.15) is 0 Å². The molecule has 102 valence electrons. The van der Waals surface area contributed by atoms with Crippen LogP contribution in [0.15, 0.2) is 0 Å². The minimum atomic E-state index is -0.537. The van der Waals surface area contributed by atoms with Gasteiger partial charge in [0.2, 0.25) is 0 Å². The van der Waals surface area contributed by atoms with Crippen LogP contribution in [0.1, 0.15) is 59.8 Å². The molecule has 2 atom stereocenters. The fraction of sp³-hybridized carbons (Fsp3) is 1.00. The smallest absolute Gasteiger partial charge is 0.0768 e. The molecule has 1 N–H and O–H groups in total. The minimum absolute atomic E-state index is 0.331. The summed E-state index contributed by atoms with van der Waals surface area (Å²) in [5.41, 5.74) is -0.537. The summed E-state index contributed by atoms with van der Waals surface area (Å²) in [7, 11) is 0. The molecule has 2 heteroatoms. The molecule has 1 rings (SSSR count). The molecule has 1 aliphatic rings. The zero-order valence-electron chi connectivity index (χ0n) is 12.2. The molecule has 0 aromatic carbocycles. The number of aliphatic hydroxyl groups is 1. The molecule has 1 aliphatic heterocycles. The summed E-state index contributed by atoms with van der Waals surface area (Å²) < 4.78 is 0. The second kappa shape index (κ2) is 6.75. The predicted octanol–water partition coefficient (Wildman–Crippen LogP) is 3.30. The number of hydrogen-bond acceptors (Lipinski definition) is 2. The largest absolute Gasteiger partial charge is 0.389 e. The Morgan fingerprint density at radius 2 is 2.00 bits per heavy atom. The molecule has 0 radical (unpaired) electrons. The van der Waals surface area contributed by atoms with Gasteiger partial charge in [-0.05, 0) is 51.1 Å². The molecule has 1 heterocycles. The SMILES string of the molecule is CCCC1CCCN(CC(C)(O)C(C)C)CC1. The Morgan fingerprint density at radius 1 is 1.29 bits per heavy atom. The number of rotatable bonds is 5. The maximum atomic E-state index is 10.4. The quantitative estimate of drug-likeness (QED) is 0.798. The Kier molecular flexibility index (Phi) is 5.94. The third-order valence-electron chi connectivity index (χ3n) is 4.42. The standard InChI is InChI=1S/C15H31NO/c1-5-7-14-8-6-10-16(11-9-14)12-15(4,17)13(2)3/h13-14,17H,5-12H2,1-4H3. The second-order valence-corrected chi connectivity index (χ2v) is 6.37. The third-order valence-corrected chi connectivity index (χ3v) is 4.42. The normalized spacial score (nSPS) is 26.8. The van der Waals surface area contributed by atoms with Crippen LogP contribution in [-0.4, -0.2) is 35.2 Å². The molecule has 1 saturated heterocycles. The molecule has 0 spiro atoms. The molecule has 0 aromatic heterocycles. The predicted molar refractivity (Wildman–Crippen MR) is 74.2 cm³/mol. The highest BCUT2D eigenvalue weighted by Crippen LogP contribution is 2.24. The van der Waals surface area contributed by atoms with E-state index in [2.05, 4.69) is 25.7 Å². The van der Waals surface area contributed by atoms with Crippen molar-refractivity contribution in [1.29, 1.82) is 0 Å². The van der Waals surface area contributed by atoms with Crippen LogP contribution in [0.3, 0.4) is 0 Å². The Morgan fingerprint density at radius 3 is 2.59 bits per heavy atom. The van der Waals surface area contributed by atoms with E-state index in [1.165, 1.54) is 45.2 Å². The van der Waals surface area contributed by atoms with Gasteiger partial charge in [-0.1, -0.05) is 33.6 Å². The van der Waals surface area contributed by atoms with E-state index >= 15 is 0 Å². The van der Waals surface area contributed by atoms with E-state index < -0.39 is 5.60 Å². The Bertz CT molecular complexity index is 213. The Labute approximate surface area is 107 Å². The summed E-state index contributed by atoms with van der Waals surface area (Å²) in [5, 5.41) is 10.4. The number of nitrogens with zero attached hydrogens (tertiary/aromatic N) is 1. The zero-order valence-corrected chi connectivity index (χ0v) is 12.2. The van der Waals surface area contributed by atoms with Crippen molar-refractivity contribution in [3.63, 3.8) is 0 Å². The third kappa shape index (κ3) is 4.97. The van der Waals surface area contributed by atoms with Crippen LogP contribution >= 0.6 is 0 Å². The first-order chi connectivity index (χ1) is 7.95. The fourth-order valence-corrected chi connectivity index (χ4v) is 2.72.